The highest BCUT2D eigenvalue weighted by molar-refractivity contribution is 9.10. The number of rotatable bonds is 6. The molecule has 126 valence electrons. The molecule has 0 saturated carbocycles. The maximum absolute atomic E-state index is 13.0. The number of aryl methyl sites for hydroxylation is 1. The number of anilines is 1. The lowest BCUT2D eigenvalue weighted by atomic mass is 10.2. The molecular formula is C16H15BrN2O4S. The highest BCUT2D eigenvalue weighted by atomic mass is 79.9. The van der Waals surface area contributed by atoms with Gasteiger partial charge in [-0.15, -0.1) is 6.58 Å². The Balaban J connectivity index is 2.60. The second-order valence-corrected chi connectivity index (χ2v) is 7.75. The zero-order valence-corrected chi connectivity index (χ0v) is 15.2. The topological polar surface area (TPSA) is 80.5 Å². The van der Waals surface area contributed by atoms with Gasteiger partial charge in [-0.05, 0) is 36.8 Å². The largest absolute Gasteiger partial charge is 0.270 e. The van der Waals surface area contributed by atoms with Gasteiger partial charge in [0.25, 0.3) is 15.7 Å². The number of benzene rings is 2. The molecule has 0 amide bonds. The van der Waals surface area contributed by atoms with Gasteiger partial charge in [0.05, 0.1) is 22.1 Å². The lowest BCUT2D eigenvalue weighted by Gasteiger charge is -2.24. The van der Waals surface area contributed by atoms with Gasteiger partial charge in [0.15, 0.2) is 0 Å². The summed E-state index contributed by atoms with van der Waals surface area (Å²) in [6, 6.07) is 10.5. The summed E-state index contributed by atoms with van der Waals surface area (Å²) in [5.74, 6) is 0. The Morgan fingerprint density at radius 2 is 1.88 bits per heavy atom. The van der Waals surface area contributed by atoms with Crippen LogP contribution in [0, 0.1) is 17.0 Å². The zero-order chi connectivity index (χ0) is 17.9. The van der Waals surface area contributed by atoms with E-state index in [1.165, 1.54) is 22.5 Å². The molecule has 0 saturated heterocycles. The third-order valence-corrected chi connectivity index (χ3v) is 5.82. The van der Waals surface area contributed by atoms with E-state index in [1.54, 1.807) is 31.2 Å². The van der Waals surface area contributed by atoms with Gasteiger partial charge in [-0.3, -0.25) is 14.4 Å². The highest BCUT2D eigenvalue weighted by Crippen LogP contribution is 2.29. The number of sulfonamides is 1. The number of hydrogen-bond donors (Lipinski definition) is 0. The summed E-state index contributed by atoms with van der Waals surface area (Å²) < 4.78 is 28.1. The molecule has 8 heteroatoms. The normalized spacial score (nSPS) is 11.1. The van der Waals surface area contributed by atoms with Crippen molar-refractivity contribution in [1.29, 1.82) is 0 Å². The van der Waals surface area contributed by atoms with Crippen LogP contribution in [-0.4, -0.2) is 19.9 Å². The van der Waals surface area contributed by atoms with E-state index in [9.17, 15) is 18.5 Å². The van der Waals surface area contributed by atoms with E-state index < -0.39 is 14.9 Å². The van der Waals surface area contributed by atoms with Crippen LogP contribution < -0.4 is 4.31 Å². The minimum atomic E-state index is -3.97. The third-order valence-electron chi connectivity index (χ3n) is 3.36. The molecule has 0 aliphatic rings. The van der Waals surface area contributed by atoms with Crippen LogP contribution in [0.1, 0.15) is 5.56 Å². The Morgan fingerprint density at radius 1 is 1.25 bits per heavy atom. The summed E-state index contributed by atoms with van der Waals surface area (Å²) in [6.45, 7) is 5.24. The molecule has 2 rings (SSSR count). The van der Waals surface area contributed by atoms with Crippen LogP contribution in [0.5, 0.6) is 0 Å². The van der Waals surface area contributed by atoms with Gasteiger partial charge in [-0.1, -0.05) is 28.1 Å². The minimum Gasteiger partial charge on any atom is -0.263 e. The van der Waals surface area contributed by atoms with E-state index in [0.717, 1.165) is 10.5 Å². The first-order valence-electron chi connectivity index (χ1n) is 6.91. The summed E-state index contributed by atoms with van der Waals surface area (Å²) in [5, 5.41) is 11.0. The Bertz CT molecular complexity index is 879. The second-order valence-electron chi connectivity index (χ2n) is 5.01. The summed E-state index contributed by atoms with van der Waals surface area (Å²) >= 11 is 3.30. The van der Waals surface area contributed by atoms with Gasteiger partial charge in [0.1, 0.15) is 0 Å². The van der Waals surface area contributed by atoms with Crippen molar-refractivity contribution in [2.45, 2.75) is 11.8 Å². The van der Waals surface area contributed by atoms with Crippen molar-refractivity contribution in [3.8, 4) is 0 Å². The van der Waals surface area contributed by atoms with E-state index in [4.69, 9.17) is 0 Å². The third kappa shape index (κ3) is 3.65. The molecule has 0 fully saturated rings. The first-order valence-corrected chi connectivity index (χ1v) is 9.15. The number of halogens is 1. The summed E-state index contributed by atoms with van der Waals surface area (Å²) in [4.78, 5) is 10.3. The Labute approximate surface area is 148 Å². The minimum absolute atomic E-state index is 0.0477. The molecule has 0 heterocycles. The fourth-order valence-electron chi connectivity index (χ4n) is 2.17. The molecule has 0 atom stereocenters. The molecule has 6 nitrogen and oxygen atoms in total. The number of nitro groups is 1. The van der Waals surface area contributed by atoms with Crippen molar-refractivity contribution >= 4 is 37.3 Å². The molecule has 0 bridgehead atoms. The van der Waals surface area contributed by atoms with Crippen LogP contribution >= 0.6 is 15.9 Å². The van der Waals surface area contributed by atoms with E-state index >= 15 is 0 Å². The maximum atomic E-state index is 13.0. The average molecular weight is 411 g/mol. The van der Waals surface area contributed by atoms with Crippen molar-refractivity contribution < 1.29 is 13.3 Å². The Kier molecular flexibility index (Phi) is 5.40. The van der Waals surface area contributed by atoms with Crippen LogP contribution in [0.2, 0.25) is 0 Å². The van der Waals surface area contributed by atoms with E-state index in [1.807, 2.05) is 0 Å². The van der Waals surface area contributed by atoms with E-state index in [0.29, 0.717) is 11.3 Å². The smallest absolute Gasteiger partial charge is 0.263 e. The molecule has 0 radical (unpaired) electrons. The Hall–Kier alpha value is -2.19. The van der Waals surface area contributed by atoms with Gasteiger partial charge in [0.2, 0.25) is 0 Å². The first-order chi connectivity index (χ1) is 11.3. The molecule has 2 aromatic rings. The SMILES string of the molecule is C=CCN(c1ccc(Br)cc1)S(=O)(=O)c1cc([N+](=O)[O-])ccc1C. The van der Waals surface area contributed by atoms with Crippen LogP contribution in [0.15, 0.2) is 64.5 Å². The van der Waals surface area contributed by atoms with Crippen molar-refractivity contribution in [3.05, 3.63) is 75.3 Å². The fraction of sp³-hybridized carbons (Fsp3) is 0.125. The Morgan fingerprint density at radius 3 is 2.42 bits per heavy atom. The molecular weight excluding hydrogens is 396 g/mol. The average Bonchev–Trinajstić information content (AvgIpc) is 2.53. The lowest BCUT2D eigenvalue weighted by molar-refractivity contribution is -0.385. The molecule has 0 aromatic heterocycles. The van der Waals surface area contributed by atoms with Gasteiger partial charge in [-0.25, -0.2) is 8.42 Å². The van der Waals surface area contributed by atoms with Gasteiger partial charge >= 0.3 is 0 Å². The van der Waals surface area contributed by atoms with Crippen LogP contribution in [-0.2, 0) is 10.0 Å². The zero-order valence-electron chi connectivity index (χ0n) is 12.8. The van der Waals surface area contributed by atoms with Crippen molar-refractivity contribution in [2.24, 2.45) is 0 Å². The van der Waals surface area contributed by atoms with Crippen LogP contribution in [0.4, 0.5) is 11.4 Å². The first kappa shape index (κ1) is 18.2. The monoisotopic (exact) mass is 410 g/mol. The molecule has 0 spiro atoms. The molecule has 24 heavy (non-hydrogen) atoms. The lowest BCUT2D eigenvalue weighted by Crippen LogP contribution is -2.31. The van der Waals surface area contributed by atoms with Crippen LogP contribution in [0.25, 0.3) is 0 Å². The predicted molar refractivity (Wildman–Crippen MR) is 96.7 cm³/mol. The molecule has 0 N–H and O–H groups in total. The molecule has 0 aliphatic heterocycles. The number of nitrogens with zero attached hydrogens (tertiary/aromatic N) is 2. The second kappa shape index (κ2) is 7.14. The fourth-order valence-corrected chi connectivity index (χ4v) is 4.11. The number of non-ortho nitro benzene ring substituents is 1. The van der Waals surface area contributed by atoms with Crippen LogP contribution in [0.3, 0.4) is 0 Å². The summed E-state index contributed by atoms with van der Waals surface area (Å²) in [5.41, 5.74) is 0.615. The predicted octanol–water partition coefficient (Wildman–Crippen LogP) is 4.05. The number of nitro benzene ring substituents is 1. The molecule has 0 unspecified atom stereocenters. The van der Waals surface area contributed by atoms with E-state index in [-0.39, 0.29) is 17.1 Å². The number of hydrogen-bond acceptors (Lipinski definition) is 4. The standard InChI is InChI=1S/C16H15BrN2O4S/c1-3-10-18(14-8-5-13(17)6-9-14)24(22,23)16-11-15(19(20)21)7-4-12(16)2/h3-9,11H,1,10H2,2H3. The molecule has 2 aromatic carbocycles. The van der Waals surface area contributed by atoms with Gasteiger partial charge in [0, 0.05) is 16.6 Å². The van der Waals surface area contributed by atoms with E-state index in [2.05, 4.69) is 22.5 Å². The van der Waals surface area contributed by atoms with Crippen molar-refractivity contribution in [2.75, 3.05) is 10.8 Å². The van der Waals surface area contributed by atoms with Gasteiger partial charge in [-0.2, -0.15) is 0 Å². The van der Waals surface area contributed by atoms with Crippen molar-refractivity contribution in [1.82, 2.24) is 0 Å². The summed E-state index contributed by atoms with van der Waals surface area (Å²) in [6.07, 6.45) is 1.46. The van der Waals surface area contributed by atoms with Gasteiger partial charge < -0.3 is 0 Å². The quantitative estimate of drug-likeness (QED) is 0.408. The summed E-state index contributed by atoms with van der Waals surface area (Å²) in [7, 11) is -3.97. The highest BCUT2D eigenvalue weighted by Gasteiger charge is 2.27. The molecule has 0 aliphatic carbocycles. The van der Waals surface area contributed by atoms with Crippen molar-refractivity contribution in [3.63, 3.8) is 0 Å². The maximum Gasteiger partial charge on any atom is 0.270 e.